The monoisotopic (exact) mass is 890 g/mol. The second-order valence-electron chi connectivity index (χ2n) is 18.1. The van der Waals surface area contributed by atoms with Crippen molar-refractivity contribution >= 4 is 43.1 Å². The predicted molar refractivity (Wildman–Crippen MR) is 278 cm³/mol. The zero-order valence-corrected chi connectivity index (χ0v) is 38.0. The Balaban J connectivity index is 0.777. The minimum atomic E-state index is 0.183. The predicted octanol–water partition coefficient (Wildman–Crippen LogP) is 14.4. The number of phenols is 2. The first-order chi connectivity index (χ1) is 33.6. The van der Waals surface area contributed by atoms with Crippen molar-refractivity contribution in [3.05, 3.63) is 216 Å². The fourth-order valence-electron chi connectivity index (χ4n) is 10.5. The van der Waals surface area contributed by atoms with Crippen molar-refractivity contribution in [1.29, 1.82) is 0 Å². The van der Waals surface area contributed by atoms with Gasteiger partial charge in [0.15, 0.2) is 0 Å². The average molecular weight is 891 g/mol. The van der Waals surface area contributed by atoms with Gasteiger partial charge in [0.1, 0.15) is 36.2 Å². The fourth-order valence-corrected chi connectivity index (χ4v) is 10.5. The molecule has 11 rings (SSSR count). The molecule has 0 bridgehead atoms. The summed E-state index contributed by atoms with van der Waals surface area (Å²) in [6, 6.07) is 66.7. The minimum Gasteiger partial charge on any atom is -0.507 e. The van der Waals surface area contributed by atoms with Crippen molar-refractivity contribution in [2.45, 2.75) is 64.1 Å². The standard InChI is InChI=1S/C62H54N2O4/c65-61-45(21-15-29-53(61)51-27-9-13-33-59(51)67-39-55-47-23-5-1-17-41(47)35-42-18-2-6-24-48(42)55)37-63-57-31-11-12-32-58(57)64-38-46-22-16-30-54(62(46)66)52-28-10-14-34-60(52)68-40-56-49-25-7-3-19-43(49)36-44-20-4-8-26-50(44)56/h1-10,13-30,33-36,57-58,63-66H,11-12,31-32,37-40H2/t57-,58?/m0/s1. The van der Waals surface area contributed by atoms with Gasteiger partial charge in [0.2, 0.25) is 0 Å². The summed E-state index contributed by atoms with van der Waals surface area (Å²) in [5.74, 6) is 1.95. The first-order valence-corrected chi connectivity index (χ1v) is 23.9. The summed E-state index contributed by atoms with van der Waals surface area (Å²) < 4.78 is 13.3. The molecule has 1 saturated carbocycles. The van der Waals surface area contributed by atoms with Crippen LogP contribution in [-0.2, 0) is 26.3 Å². The summed E-state index contributed by atoms with van der Waals surface area (Å²) in [7, 11) is 0. The van der Waals surface area contributed by atoms with Crippen molar-refractivity contribution in [2.24, 2.45) is 0 Å². The van der Waals surface area contributed by atoms with E-state index in [4.69, 9.17) is 9.47 Å². The molecule has 1 unspecified atom stereocenters. The van der Waals surface area contributed by atoms with Crippen LogP contribution in [0.4, 0.5) is 0 Å². The smallest absolute Gasteiger partial charge is 0.128 e. The highest BCUT2D eigenvalue weighted by atomic mass is 16.5. The summed E-state index contributed by atoms with van der Waals surface area (Å²) in [6.07, 6.45) is 4.29. The first-order valence-electron chi connectivity index (χ1n) is 23.9. The van der Waals surface area contributed by atoms with E-state index in [1.165, 1.54) is 43.1 Å². The lowest BCUT2D eigenvalue weighted by molar-refractivity contribution is 0.279. The number of nitrogens with one attached hydrogen (secondary N) is 2. The van der Waals surface area contributed by atoms with E-state index in [2.05, 4.69) is 120 Å². The molecule has 0 spiro atoms. The number of hydrogen-bond donors (Lipinski definition) is 4. The van der Waals surface area contributed by atoms with Gasteiger partial charge in [0, 0.05) is 69.7 Å². The van der Waals surface area contributed by atoms with Crippen LogP contribution in [-0.4, -0.2) is 22.3 Å². The van der Waals surface area contributed by atoms with Gasteiger partial charge in [-0.05, 0) is 80.2 Å². The Labute approximate surface area is 397 Å². The SMILES string of the molecule is Oc1c(CNC2CCCC[C@@H]2NCc2cccc(-c3ccccc3OCc3c4ccccc4cc4ccccc34)c2O)cccc1-c1ccccc1OCc1c2ccccc2cc2ccccc12. The van der Waals surface area contributed by atoms with Crippen molar-refractivity contribution < 1.29 is 19.7 Å². The van der Waals surface area contributed by atoms with E-state index < -0.39 is 0 Å². The Morgan fingerprint density at radius 1 is 0.382 bits per heavy atom. The summed E-state index contributed by atoms with van der Waals surface area (Å²) in [5.41, 5.74) is 7.14. The molecule has 68 heavy (non-hydrogen) atoms. The van der Waals surface area contributed by atoms with E-state index in [0.717, 1.165) is 81.7 Å². The highest BCUT2D eigenvalue weighted by molar-refractivity contribution is 6.03. The quantitative estimate of drug-likeness (QED) is 0.0814. The van der Waals surface area contributed by atoms with Gasteiger partial charge in [0.05, 0.1) is 0 Å². The molecular formula is C62H54N2O4. The van der Waals surface area contributed by atoms with E-state index in [1.54, 1.807) is 0 Å². The van der Waals surface area contributed by atoms with Gasteiger partial charge in [0.25, 0.3) is 0 Å². The maximum atomic E-state index is 11.9. The average Bonchev–Trinajstić information content (AvgIpc) is 3.38. The van der Waals surface area contributed by atoms with Crippen LogP contribution in [0.1, 0.15) is 47.9 Å². The van der Waals surface area contributed by atoms with Crippen LogP contribution < -0.4 is 20.1 Å². The molecule has 6 heteroatoms. The maximum Gasteiger partial charge on any atom is 0.128 e. The van der Waals surface area contributed by atoms with E-state index in [9.17, 15) is 10.2 Å². The molecule has 0 radical (unpaired) electrons. The van der Waals surface area contributed by atoms with Crippen molar-refractivity contribution in [3.63, 3.8) is 0 Å². The number of para-hydroxylation sites is 4. The summed E-state index contributed by atoms with van der Waals surface area (Å²) in [5, 5.41) is 40.8. The Kier molecular flexibility index (Phi) is 12.2. The zero-order valence-electron chi connectivity index (χ0n) is 38.0. The Morgan fingerprint density at radius 3 is 1.12 bits per heavy atom. The molecule has 336 valence electrons. The number of ether oxygens (including phenoxy) is 2. The lowest BCUT2D eigenvalue weighted by Gasteiger charge is -2.33. The van der Waals surface area contributed by atoms with Crippen molar-refractivity contribution in [3.8, 4) is 45.3 Å². The fraction of sp³-hybridized carbons (Fsp3) is 0.161. The van der Waals surface area contributed by atoms with Gasteiger partial charge >= 0.3 is 0 Å². The number of hydrogen-bond acceptors (Lipinski definition) is 6. The Hall–Kier alpha value is -7.64. The lowest BCUT2D eigenvalue weighted by atomic mass is 9.89. The molecule has 2 atom stereocenters. The molecule has 0 amide bonds. The first kappa shape index (κ1) is 43.0. The summed E-state index contributed by atoms with van der Waals surface area (Å²) in [4.78, 5) is 0. The molecule has 4 N–H and O–H groups in total. The summed E-state index contributed by atoms with van der Waals surface area (Å²) >= 11 is 0. The topological polar surface area (TPSA) is 83.0 Å². The van der Waals surface area contributed by atoms with Crippen LogP contribution in [0, 0.1) is 0 Å². The number of rotatable bonds is 14. The second-order valence-corrected chi connectivity index (χ2v) is 18.1. The molecule has 1 fully saturated rings. The van der Waals surface area contributed by atoms with Gasteiger partial charge in [-0.25, -0.2) is 0 Å². The maximum absolute atomic E-state index is 11.9. The third-order valence-electron chi connectivity index (χ3n) is 14.0. The van der Waals surface area contributed by atoms with Crippen molar-refractivity contribution in [1.82, 2.24) is 10.6 Å². The Morgan fingerprint density at radius 2 is 0.721 bits per heavy atom. The minimum absolute atomic E-state index is 0.183. The number of aromatic hydroxyl groups is 2. The molecule has 0 aliphatic heterocycles. The highest BCUT2D eigenvalue weighted by Crippen LogP contribution is 2.41. The third-order valence-corrected chi connectivity index (χ3v) is 14.0. The molecule has 10 aromatic carbocycles. The molecule has 6 nitrogen and oxygen atoms in total. The lowest BCUT2D eigenvalue weighted by Crippen LogP contribution is -2.49. The number of phenolic OH excluding ortho intramolecular Hbond substituents is 2. The van der Waals surface area contributed by atoms with Crippen LogP contribution in [0.2, 0.25) is 0 Å². The van der Waals surface area contributed by atoms with Gasteiger partial charge in [-0.2, -0.15) is 0 Å². The van der Waals surface area contributed by atoms with Crippen LogP contribution in [0.5, 0.6) is 23.0 Å². The van der Waals surface area contributed by atoms with E-state index in [-0.39, 0.29) is 23.6 Å². The van der Waals surface area contributed by atoms with Crippen LogP contribution in [0.25, 0.3) is 65.3 Å². The number of benzene rings is 10. The van der Waals surface area contributed by atoms with Gasteiger partial charge in [-0.15, -0.1) is 0 Å². The molecule has 1 aliphatic rings. The van der Waals surface area contributed by atoms with Crippen LogP contribution >= 0.6 is 0 Å². The van der Waals surface area contributed by atoms with Crippen LogP contribution in [0.15, 0.2) is 194 Å². The van der Waals surface area contributed by atoms with Crippen molar-refractivity contribution in [2.75, 3.05) is 0 Å². The van der Waals surface area contributed by atoms with E-state index >= 15 is 0 Å². The summed E-state index contributed by atoms with van der Waals surface area (Å²) in [6.45, 7) is 1.81. The van der Waals surface area contributed by atoms with E-state index in [1.807, 2.05) is 84.9 Å². The normalized spacial score (nSPS) is 15.0. The van der Waals surface area contributed by atoms with Gasteiger partial charge < -0.3 is 30.3 Å². The van der Waals surface area contributed by atoms with Gasteiger partial charge in [-0.1, -0.05) is 183 Å². The van der Waals surface area contributed by atoms with Crippen LogP contribution in [0.3, 0.4) is 0 Å². The van der Waals surface area contributed by atoms with Gasteiger partial charge in [-0.3, -0.25) is 0 Å². The number of fused-ring (bicyclic) bond motifs is 4. The zero-order chi connectivity index (χ0) is 45.8. The second kappa shape index (κ2) is 19.3. The molecule has 1 aliphatic carbocycles. The molecular weight excluding hydrogens is 837 g/mol. The molecule has 0 heterocycles. The molecule has 0 saturated heterocycles. The highest BCUT2D eigenvalue weighted by Gasteiger charge is 2.26. The molecule has 10 aromatic rings. The molecule has 0 aromatic heterocycles. The third kappa shape index (κ3) is 8.61. The Bertz CT molecular complexity index is 3100. The van der Waals surface area contributed by atoms with E-state index in [0.29, 0.717) is 26.3 Å². The largest absolute Gasteiger partial charge is 0.507 e.